The fourth-order valence-corrected chi connectivity index (χ4v) is 2.64. The van der Waals surface area contributed by atoms with Crippen molar-refractivity contribution < 1.29 is 10.2 Å². The number of hydrogen-bond acceptors (Lipinski definition) is 3. The lowest BCUT2D eigenvalue weighted by Crippen LogP contribution is -2.33. The van der Waals surface area contributed by atoms with Crippen molar-refractivity contribution in [1.82, 2.24) is 9.78 Å². The molecule has 4 nitrogen and oxygen atoms in total. The van der Waals surface area contributed by atoms with Crippen LogP contribution in [0, 0.1) is 12.3 Å². The molecule has 0 aliphatic rings. The molecule has 5 heteroatoms. The van der Waals surface area contributed by atoms with Gasteiger partial charge < -0.3 is 10.2 Å². The van der Waals surface area contributed by atoms with Gasteiger partial charge in [0.05, 0.1) is 29.1 Å². The minimum atomic E-state index is -0.447. The van der Waals surface area contributed by atoms with Crippen LogP contribution in [0.2, 0.25) is 0 Å². The normalized spacial score (nSPS) is 12.1. The van der Waals surface area contributed by atoms with Crippen molar-refractivity contribution in [3.05, 3.63) is 15.9 Å². The van der Waals surface area contributed by atoms with E-state index in [-0.39, 0.29) is 13.2 Å². The summed E-state index contributed by atoms with van der Waals surface area (Å²) in [6.07, 6.45) is 2.37. The van der Waals surface area contributed by atoms with Crippen molar-refractivity contribution in [1.29, 1.82) is 0 Å². The average molecular weight is 305 g/mol. The van der Waals surface area contributed by atoms with Gasteiger partial charge in [0, 0.05) is 18.9 Å². The third kappa shape index (κ3) is 3.09. The quantitative estimate of drug-likeness (QED) is 0.842. The van der Waals surface area contributed by atoms with Crippen LogP contribution in [0.3, 0.4) is 0 Å². The van der Waals surface area contributed by atoms with Crippen molar-refractivity contribution in [2.24, 2.45) is 12.5 Å². The first-order valence-corrected chi connectivity index (χ1v) is 6.68. The van der Waals surface area contributed by atoms with Crippen LogP contribution in [-0.4, -0.2) is 33.2 Å². The average Bonchev–Trinajstić information content (AvgIpc) is 2.55. The van der Waals surface area contributed by atoms with Crippen LogP contribution in [0.4, 0.5) is 0 Å². The van der Waals surface area contributed by atoms with Crippen LogP contribution in [0.5, 0.6) is 0 Å². The van der Waals surface area contributed by atoms with Gasteiger partial charge in [-0.1, -0.05) is 13.3 Å². The molecule has 0 amide bonds. The van der Waals surface area contributed by atoms with Gasteiger partial charge in [-0.05, 0) is 29.3 Å². The van der Waals surface area contributed by atoms with Crippen LogP contribution in [0.25, 0.3) is 0 Å². The summed E-state index contributed by atoms with van der Waals surface area (Å²) < 4.78 is 2.79. The van der Waals surface area contributed by atoms with Gasteiger partial charge in [0.1, 0.15) is 0 Å². The number of aromatic nitrogens is 2. The van der Waals surface area contributed by atoms with Crippen molar-refractivity contribution in [3.8, 4) is 0 Å². The van der Waals surface area contributed by atoms with Crippen LogP contribution < -0.4 is 0 Å². The molecule has 0 aromatic carbocycles. The minimum absolute atomic E-state index is 0.00594. The third-order valence-electron chi connectivity index (χ3n) is 3.26. The van der Waals surface area contributed by atoms with E-state index in [0.29, 0.717) is 6.42 Å². The van der Waals surface area contributed by atoms with E-state index in [1.54, 1.807) is 0 Å². The van der Waals surface area contributed by atoms with Gasteiger partial charge in [0.25, 0.3) is 0 Å². The van der Waals surface area contributed by atoms with Gasteiger partial charge in [0.15, 0.2) is 0 Å². The molecule has 2 N–H and O–H groups in total. The Kier molecular flexibility index (Phi) is 5.16. The molecule has 0 radical (unpaired) electrons. The minimum Gasteiger partial charge on any atom is -0.396 e. The van der Waals surface area contributed by atoms with Crippen LogP contribution in [0.15, 0.2) is 4.47 Å². The van der Waals surface area contributed by atoms with Gasteiger partial charge in [-0.2, -0.15) is 5.10 Å². The van der Waals surface area contributed by atoms with E-state index in [1.807, 2.05) is 18.7 Å². The molecule has 1 rings (SSSR count). The summed E-state index contributed by atoms with van der Waals surface area (Å²) in [4.78, 5) is 0. The summed E-state index contributed by atoms with van der Waals surface area (Å²) in [5, 5.41) is 23.4. The highest BCUT2D eigenvalue weighted by Gasteiger charge is 2.30. The first-order chi connectivity index (χ1) is 7.99. The van der Waals surface area contributed by atoms with E-state index in [2.05, 4.69) is 28.0 Å². The van der Waals surface area contributed by atoms with E-state index < -0.39 is 5.41 Å². The maximum atomic E-state index is 9.55. The zero-order valence-corrected chi connectivity index (χ0v) is 12.3. The SMILES string of the molecule is CCCC(CO)(CO)Cc1c(Br)c(C)nn1C. The predicted molar refractivity (Wildman–Crippen MR) is 70.9 cm³/mol. The second-order valence-electron chi connectivity index (χ2n) is 4.71. The maximum Gasteiger partial charge on any atom is 0.0738 e. The summed E-state index contributed by atoms with van der Waals surface area (Å²) in [5.41, 5.74) is 1.51. The lowest BCUT2D eigenvalue weighted by atomic mass is 9.80. The van der Waals surface area contributed by atoms with E-state index in [0.717, 1.165) is 28.7 Å². The largest absolute Gasteiger partial charge is 0.396 e. The van der Waals surface area contributed by atoms with Crippen molar-refractivity contribution in [2.45, 2.75) is 33.1 Å². The zero-order chi connectivity index (χ0) is 13.1. The highest BCUT2D eigenvalue weighted by molar-refractivity contribution is 9.10. The van der Waals surface area contributed by atoms with Crippen molar-refractivity contribution >= 4 is 15.9 Å². The number of aliphatic hydroxyl groups excluding tert-OH is 2. The van der Waals surface area contributed by atoms with Gasteiger partial charge in [-0.15, -0.1) is 0 Å². The first-order valence-electron chi connectivity index (χ1n) is 5.89. The van der Waals surface area contributed by atoms with Gasteiger partial charge in [-0.3, -0.25) is 4.68 Å². The summed E-state index contributed by atoms with van der Waals surface area (Å²) in [6, 6.07) is 0. The second-order valence-corrected chi connectivity index (χ2v) is 5.51. The lowest BCUT2D eigenvalue weighted by molar-refractivity contribution is 0.0450. The van der Waals surface area contributed by atoms with E-state index >= 15 is 0 Å². The van der Waals surface area contributed by atoms with Crippen LogP contribution in [-0.2, 0) is 13.5 Å². The molecule has 0 saturated carbocycles. The third-order valence-corrected chi connectivity index (χ3v) is 4.29. The van der Waals surface area contributed by atoms with Gasteiger partial charge in [-0.25, -0.2) is 0 Å². The molecule has 0 saturated heterocycles. The number of rotatable bonds is 6. The maximum absolute atomic E-state index is 9.55. The highest BCUT2D eigenvalue weighted by atomic mass is 79.9. The molecule has 0 aliphatic carbocycles. The monoisotopic (exact) mass is 304 g/mol. The molecule has 1 heterocycles. The number of halogens is 1. The topological polar surface area (TPSA) is 58.3 Å². The summed E-state index contributed by atoms with van der Waals surface area (Å²) in [5.74, 6) is 0. The Morgan fingerprint density at radius 2 is 1.94 bits per heavy atom. The summed E-state index contributed by atoms with van der Waals surface area (Å²) in [6.45, 7) is 3.98. The molecule has 0 unspecified atom stereocenters. The lowest BCUT2D eigenvalue weighted by Gasteiger charge is -2.29. The number of aliphatic hydroxyl groups is 2. The summed E-state index contributed by atoms with van der Waals surface area (Å²) >= 11 is 3.52. The molecule has 0 bridgehead atoms. The number of aryl methyl sites for hydroxylation is 2. The van der Waals surface area contributed by atoms with Gasteiger partial charge in [0.2, 0.25) is 0 Å². The molecule has 0 atom stereocenters. The smallest absolute Gasteiger partial charge is 0.0738 e. The van der Waals surface area contributed by atoms with Crippen LogP contribution >= 0.6 is 15.9 Å². The standard InChI is InChI=1S/C12H21BrN2O2/c1-4-5-12(7-16,8-17)6-10-11(13)9(2)14-15(10)3/h16-17H,4-8H2,1-3H3. The second kappa shape index (κ2) is 5.98. The molecule has 1 aromatic heterocycles. The van der Waals surface area contributed by atoms with E-state index in [4.69, 9.17) is 0 Å². The Morgan fingerprint density at radius 1 is 1.35 bits per heavy atom. The summed E-state index contributed by atoms with van der Waals surface area (Å²) in [7, 11) is 1.89. The Bertz CT molecular complexity index is 373. The Labute approximate surface area is 111 Å². The first kappa shape index (κ1) is 14.7. The number of nitrogens with zero attached hydrogens (tertiary/aromatic N) is 2. The van der Waals surface area contributed by atoms with Crippen molar-refractivity contribution in [3.63, 3.8) is 0 Å². The molecular weight excluding hydrogens is 284 g/mol. The molecule has 98 valence electrons. The zero-order valence-electron chi connectivity index (χ0n) is 10.7. The Balaban J connectivity index is 3.00. The Hall–Kier alpha value is -0.390. The molecule has 0 fully saturated rings. The molecule has 1 aromatic rings. The molecule has 17 heavy (non-hydrogen) atoms. The fraction of sp³-hybridized carbons (Fsp3) is 0.750. The van der Waals surface area contributed by atoms with E-state index in [9.17, 15) is 10.2 Å². The number of hydrogen-bond donors (Lipinski definition) is 2. The molecule has 0 aliphatic heterocycles. The predicted octanol–water partition coefficient (Wildman–Crippen LogP) is 1.80. The fourth-order valence-electron chi connectivity index (χ4n) is 2.17. The Morgan fingerprint density at radius 3 is 2.29 bits per heavy atom. The highest BCUT2D eigenvalue weighted by Crippen LogP contribution is 2.31. The van der Waals surface area contributed by atoms with Gasteiger partial charge >= 0.3 is 0 Å². The van der Waals surface area contributed by atoms with Crippen LogP contribution in [0.1, 0.15) is 31.2 Å². The van der Waals surface area contributed by atoms with Crippen molar-refractivity contribution in [2.75, 3.05) is 13.2 Å². The molecular formula is C12H21BrN2O2. The van der Waals surface area contributed by atoms with E-state index in [1.165, 1.54) is 0 Å². The molecule has 0 spiro atoms.